The maximum absolute atomic E-state index is 12.4. The fourth-order valence-electron chi connectivity index (χ4n) is 2.04. The molecule has 1 aromatic rings. The second-order valence-corrected chi connectivity index (χ2v) is 4.21. The predicted octanol–water partition coefficient (Wildman–Crippen LogP) is 2.21. The second-order valence-electron chi connectivity index (χ2n) is 4.21. The fraction of sp³-hybridized carbons (Fsp3) is 0.700. The summed E-state index contributed by atoms with van der Waals surface area (Å²) in [6.45, 7) is 2.85. The lowest BCUT2D eigenvalue weighted by atomic mass is 10.0. The van der Waals surface area contributed by atoms with Crippen LogP contribution in [0.2, 0.25) is 0 Å². The summed E-state index contributed by atoms with van der Waals surface area (Å²) in [4.78, 5) is 0. The Labute approximate surface area is 91.6 Å². The molecule has 16 heavy (non-hydrogen) atoms. The van der Waals surface area contributed by atoms with E-state index < -0.39 is 11.9 Å². The van der Waals surface area contributed by atoms with Crippen molar-refractivity contribution in [3.8, 4) is 0 Å². The van der Waals surface area contributed by atoms with Gasteiger partial charge in [-0.05, 0) is 32.4 Å². The average molecular weight is 233 g/mol. The molecule has 2 unspecified atom stereocenters. The van der Waals surface area contributed by atoms with Gasteiger partial charge in [-0.15, -0.1) is 0 Å². The number of nitrogens with zero attached hydrogens (tertiary/aromatic N) is 2. The highest BCUT2D eigenvalue weighted by molar-refractivity contribution is 5.04. The fourth-order valence-corrected chi connectivity index (χ4v) is 2.04. The zero-order valence-electron chi connectivity index (χ0n) is 8.96. The summed E-state index contributed by atoms with van der Waals surface area (Å²) < 4.78 is 38.5. The van der Waals surface area contributed by atoms with Gasteiger partial charge in [0.15, 0.2) is 5.69 Å². The molecule has 0 radical (unpaired) electrons. The Morgan fingerprint density at radius 2 is 2.25 bits per heavy atom. The van der Waals surface area contributed by atoms with E-state index in [4.69, 9.17) is 0 Å². The molecule has 1 aliphatic rings. The minimum absolute atomic E-state index is 0.0762. The van der Waals surface area contributed by atoms with Crippen molar-refractivity contribution in [2.75, 3.05) is 6.54 Å². The lowest BCUT2D eigenvalue weighted by Crippen LogP contribution is -2.36. The van der Waals surface area contributed by atoms with Crippen LogP contribution in [0.4, 0.5) is 13.2 Å². The normalized spacial score (nSPS) is 27.0. The second kappa shape index (κ2) is 4.08. The smallest absolute Gasteiger partial charge is 0.314 e. The first kappa shape index (κ1) is 11.4. The molecule has 0 spiro atoms. The zero-order valence-corrected chi connectivity index (χ0v) is 8.96. The van der Waals surface area contributed by atoms with Crippen molar-refractivity contribution in [3.63, 3.8) is 0 Å². The lowest BCUT2D eigenvalue weighted by Gasteiger charge is -2.28. The largest absolute Gasteiger partial charge is 0.435 e. The Hall–Kier alpha value is -1.04. The van der Waals surface area contributed by atoms with Gasteiger partial charge in [-0.25, -0.2) is 0 Å². The SMILES string of the molecule is CC1CC(n2ccc(C(F)(F)F)n2)CCN1. The van der Waals surface area contributed by atoms with Gasteiger partial charge in [0.25, 0.3) is 0 Å². The highest BCUT2D eigenvalue weighted by atomic mass is 19.4. The van der Waals surface area contributed by atoms with Gasteiger partial charge in [-0.3, -0.25) is 4.68 Å². The first-order valence-electron chi connectivity index (χ1n) is 5.32. The van der Waals surface area contributed by atoms with Crippen LogP contribution in [0, 0.1) is 0 Å². The lowest BCUT2D eigenvalue weighted by molar-refractivity contribution is -0.141. The van der Waals surface area contributed by atoms with E-state index >= 15 is 0 Å². The van der Waals surface area contributed by atoms with Crippen LogP contribution in [-0.2, 0) is 6.18 Å². The first-order valence-corrected chi connectivity index (χ1v) is 5.32. The van der Waals surface area contributed by atoms with Crippen molar-refractivity contribution in [2.24, 2.45) is 0 Å². The van der Waals surface area contributed by atoms with Gasteiger partial charge in [0.05, 0.1) is 6.04 Å². The van der Waals surface area contributed by atoms with E-state index in [1.54, 1.807) is 0 Å². The Bertz CT molecular complexity index is 358. The van der Waals surface area contributed by atoms with E-state index in [9.17, 15) is 13.2 Å². The van der Waals surface area contributed by atoms with E-state index in [1.165, 1.54) is 10.9 Å². The molecular formula is C10H14F3N3. The van der Waals surface area contributed by atoms with Crippen LogP contribution in [0.5, 0.6) is 0 Å². The Morgan fingerprint density at radius 1 is 1.50 bits per heavy atom. The van der Waals surface area contributed by atoms with Gasteiger partial charge in [0.2, 0.25) is 0 Å². The highest BCUT2D eigenvalue weighted by Crippen LogP contribution is 2.29. The van der Waals surface area contributed by atoms with Crippen molar-refractivity contribution in [3.05, 3.63) is 18.0 Å². The Morgan fingerprint density at radius 3 is 2.81 bits per heavy atom. The summed E-state index contributed by atoms with van der Waals surface area (Å²) in [6.07, 6.45) is -1.28. The van der Waals surface area contributed by atoms with Crippen molar-refractivity contribution >= 4 is 0 Å². The van der Waals surface area contributed by atoms with Crippen LogP contribution in [0.25, 0.3) is 0 Å². The molecule has 2 rings (SSSR count). The summed E-state index contributed by atoms with van der Waals surface area (Å²) in [7, 11) is 0. The average Bonchev–Trinajstić information content (AvgIpc) is 2.65. The molecule has 0 aromatic carbocycles. The van der Waals surface area contributed by atoms with E-state index in [0.29, 0.717) is 6.04 Å². The van der Waals surface area contributed by atoms with Crippen LogP contribution in [0.15, 0.2) is 12.3 Å². The summed E-state index contributed by atoms with van der Waals surface area (Å²) in [6, 6.07) is 1.44. The van der Waals surface area contributed by atoms with Crippen molar-refractivity contribution < 1.29 is 13.2 Å². The number of piperidine rings is 1. The number of rotatable bonds is 1. The van der Waals surface area contributed by atoms with Gasteiger partial charge in [0, 0.05) is 12.2 Å². The van der Waals surface area contributed by atoms with Gasteiger partial charge >= 0.3 is 6.18 Å². The van der Waals surface area contributed by atoms with E-state index in [0.717, 1.165) is 25.5 Å². The topological polar surface area (TPSA) is 29.9 Å². The summed E-state index contributed by atoms with van der Waals surface area (Å²) in [5.41, 5.74) is -0.807. The maximum Gasteiger partial charge on any atom is 0.435 e. The highest BCUT2D eigenvalue weighted by Gasteiger charge is 2.34. The number of halogens is 3. The molecule has 1 saturated heterocycles. The molecule has 2 heterocycles. The Kier molecular flexibility index (Phi) is 2.92. The standard InChI is InChI=1S/C10H14F3N3/c1-7-6-8(2-4-14-7)16-5-3-9(15-16)10(11,12)13/h3,5,7-8,14H,2,4,6H2,1H3. The molecule has 1 N–H and O–H groups in total. The molecule has 1 aliphatic heterocycles. The van der Waals surface area contributed by atoms with Crippen molar-refractivity contribution in [2.45, 2.75) is 38.0 Å². The van der Waals surface area contributed by atoms with Gasteiger partial charge < -0.3 is 5.32 Å². The van der Waals surface area contributed by atoms with Gasteiger partial charge in [-0.2, -0.15) is 18.3 Å². The molecule has 1 fully saturated rings. The third-order valence-electron chi connectivity index (χ3n) is 2.87. The molecule has 0 amide bonds. The van der Waals surface area contributed by atoms with Gasteiger partial charge in [-0.1, -0.05) is 0 Å². The number of hydrogen-bond acceptors (Lipinski definition) is 2. The number of aromatic nitrogens is 2. The summed E-state index contributed by atoms with van der Waals surface area (Å²) in [5, 5.41) is 6.86. The predicted molar refractivity (Wildman–Crippen MR) is 53.0 cm³/mol. The molecule has 90 valence electrons. The van der Waals surface area contributed by atoms with Crippen LogP contribution in [-0.4, -0.2) is 22.4 Å². The molecule has 1 aromatic heterocycles. The molecular weight excluding hydrogens is 219 g/mol. The molecule has 3 nitrogen and oxygen atoms in total. The third kappa shape index (κ3) is 2.37. The quantitative estimate of drug-likeness (QED) is 0.806. The zero-order chi connectivity index (χ0) is 11.8. The van der Waals surface area contributed by atoms with E-state index in [-0.39, 0.29) is 6.04 Å². The van der Waals surface area contributed by atoms with Crippen molar-refractivity contribution in [1.29, 1.82) is 0 Å². The minimum atomic E-state index is -4.34. The Balaban J connectivity index is 2.12. The number of hydrogen-bond donors (Lipinski definition) is 1. The molecule has 0 saturated carbocycles. The van der Waals surface area contributed by atoms with Crippen LogP contribution in [0.1, 0.15) is 31.5 Å². The van der Waals surface area contributed by atoms with Crippen LogP contribution in [0.3, 0.4) is 0 Å². The monoisotopic (exact) mass is 233 g/mol. The third-order valence-corrected chi connectivity index (χ3v) is 2.87. The minimum Gasteiger partial charge on any atom is -0.314 e. The first-order chi connectivity index (χ1) is 7.47. The number of alkyl halides is 3. The van der Waals surface area contributed by atoms with E-state index in [2.05, 4.69) is 10.4 Å². The summed E-state index contributed by atoms with van der Waals surface area (Å²) >= 11 is 0. The molecule has 0 bridgehead atoms. The van der Waals surface area contributed by atoms with E-state index in [1.807, 2.05) is 6.92 Å². The molecule has 0 aliphatic carbocycles. The molecule has 2 atom stereocenters. The van der Waals surface area contributed by atoms with Crippen molar-refractivity contribution in [1.82, 2.24) is 15.1 Å². The van der Waals surface area contributed by atoms with Gasteiger partial charge in [0.1, 0.15) is 0 Å². The summed E-state index contributed by atoms with van der Waals surface area (Å²) in [5.74, 6) is 0. The maximum atomic E-state index is 12.4. The number of nitrogens with one attached hydrogen (secondary N) is 1. The molecule has 6 heteroatoms. The van der Waals surface area contributed by atoms with Crippen LogP contribution < -0.4 is 5.32 Å². The van der Waals surface area contributed by atoms with Crippen LogP contribution >= 0.6 is 0 Å².